The minimum absolute atomic E-state index is 0.207. The van der Waals surface area contributed by atoms with Crippen molar-refractivity contribution in [2.24, 2.45) is 0 Å². The molecular weight excluding hydrogens is 643 g/mol. The molecule has 0 bridgehead atoms. The van der Waals surface area contributed by atoms with Crippen molar-refractivity contribution in [3.05, 3.63) is 143 Å². The number of rotatable bonds is 11. The number of benzene rings is 4. The fourth-order valence-corrected chi connectivity index (χ4v) is 6.81. The van der Waals surface area contributed by atoms with Gasteiger partial charge in [0.25, 0.3) is 5.91 Å². The normalized spacial score (nSPS) is 16.8. The third-order valence-corrected chi connectivity index (χ3v) is 9.87. The molecule has 1 saturated carbocycles. The van der Waals surface area contributed by atoms with Gasteiger partial charge in [-0.15, -0.1) is 0 Å². The number of carbonyl (C=O) groups excluding carboxylic acids is 2. The maximum absolute atomic E-state index is 14.2. The van der Waals surface area contributed by atoms with E-state index in [9.17, 15) is 14.0 Å². The van der Waals surface area contributed by atoms with Gasteiger partial charge in [-0.25, -0.2) is 4.39 Å². The Kier molecular flexibility index (Phi) is 9.21. The predicted molar refractivity (Wildman–Crippen MR) is 196 cm³/mol. The van der Waals surface area contributed by atoms with Crippen LogP contribution in [0.3, 0.4) is 0 Å². The summed E-state index contributed by atoms with van der Waals surface area (Å²) >= 11 is 0. The Balaban J connectivity index is 1.22. The molecule has 2 unspecified atom stereocenters. The largest absolute Gasteiger partial charge is 0.492 e. The van der Waals surface area contributed by atoms with Gasteiger partial charge in [0, 0.05) is 45.0 Å². The van der Waals surface area contributed by atoms with Crippen LogP contribution in [0.2, 0.25) is 0 Å². The first-order valence-electron chi connectivity index (χ1n) is 17.2. The number of aryl methyl sites for hydroxylation is 1. The Morgan fingerprint density at radius 2 is 1.75 bits per heavy atom. The van der Waals surface area contributed by atoms with E-state index in [1.165, 1.54) is 12.1 Å². The number of halogens is 1. The van der Waals surface area contributed by atoms with Crippen LogP contribution in [0.25, 0.3) is 11.1 Å². The Morgan fingerprint density at radius 3 is 2.41 bits per heavy atom. The van der Waals surface area contributed by atoms with Crippen LogP contribution in [-0.2, 0) is 16.8 Å². The molecule has 1 aromatic heterocycles. The van der Waals surface area contributed by atoms with E-state index in [0.717, 1.165) is 52.0 Å². The molecule has 7 rings (SSSR count). The van der Waals surface area contributed by atoms with Crippen LogP contribution < -0.4 is 25.0 Å². The van der Waals surface area contributed by atoms with Crippen LogP contribution in [-0.4, -0.2) is 44.5 Å². The van der Waals surface area contributed by atoms with Gasteiger partial charge in [-0.3, -0.25) is 14.6 Å². The van der Waals surface area contributed by atoms with E-state index in [0.29, 0.717) is 35.7 Å². The van der Waals surface area contributed by atoms with Crippen molar-refractivity contribution in [2.45, 2.75) is 43.7 Å². The Morgan fingerprint density at radius 1 is 0.980 bits per heavy atom. The van der Waals surface area contributed by atoms with Gasteiger partial charge in [-0.05, 0) is 108 Å². The van der Waals surface area contributed by atoms with E-state index < -0.39 is 17.6 Å². The molecule has 1 aliphatic heterocycles. The maximum Gasteiger partial charge on any atom is 0.255 e. The highest BCUT2D eigenvalue weighted by atomic mass is 19.1. The van der Waals surface area contributed by atoms with Gasteiger partial charge >= 0.3 is 0 Å². The van der Waals surface area contributed by atoms with E-state index in [1.54, 1.807) is 25.4 Å². The van der Waals surface area contributed by atoms with Gasteiger partial charge in [0.1, 0.15) is 29.3 Å². The second kappa shape index (κ2) is 13.9. The summed E-state index contributed by atoms with van der Waals surface area (Å²) in [6.07, 6.45) is 3.40. The Labute approximate surface area is 297 Å². The molecule has 2 heterocycles. The molecule has 1 aliphatic carbocycles. The molecule has 8 nitrogen and oxygen atoms in total. The van der Waals surface area contributed by atoms with Crippen molar-refractivity contribution in [1.29, 1.82) is 0 Å². The molecule has 1 fully saturated rings. The standard InChI is InChI=1S/C42H41FN4O4/c1-26-23-36(50-22-18-27-8-15-31(16-9-27)47(3)4)34(40(48)46-42(19-20-42)37-7-5-6-21-45-37)25-32(26)29-12-17-35-33(24-29)38(41(49)44-2)39(51-35)28-10-13-30(43)14-11-28/h5-17,21,23-25,38-39H,18-20,22H2,1-4H3,(H,44,49)(H,46,48). The van der Waals surface area contributed by atoms with Crippen LogP contribution in [0.1, 0.15) is 63.2 Å². The molecule has 260 valence electrons. The monoisotopic (exact) mass is 684 g/mol. The number of nitrogens with zero attached hydrogens (tertiary/aromatic N) is 2. The zero-order valence-corrected chi connectivity index (χ0v) is 29.2. The molecule has 2 atom stereocenters. The lowest BCUT2D eigenvalue weighted by molar-refractivity contribution is -0.123. The summed E-state index contributed by atoms with van der Waals surface area (Å²) < 4.78 is 26.4. The summed E-state index contributed by atoms with van der Waals surface area (Å²) in [4.78, 5) is 34.1. The highest BCUT2D eigenvalue weighted by Gasteiger charge is 2.47. The molecule has 0 radical (unpaired) electrons. The zero-order chi connectivity index (χ0) is 35.7. The van der Waals surface area contributed by atoms with Crippen molar-refractivity contribution < 1.29 is 23.5 Å². The molecule has 0 spiro atoms. The molecule has 0 saturated heterocycles. The number of nitrogens with one attached hydrogen (secondary N) is 2. The van der Waals surface area contributed by atoms with E-state index in [-0.39, 0.29) is 17.6 Å². The Bertz CT molecular complexity index is 2060. The zero-order valence-electron chi connectivity index (χ0n) is 29.2. The number of aromatic nitrogens is 1. The quantitative estimate of drug-likeness (QED) is 0.152. The second-order valence-corrected chi connectivity index (χ2v) is 13.5. The predicted octanol–water partition coefficient (Wildman–Crippen LogP) is 7.27. The molecule has 51 heavy (non-hydrogen) atoms. The highest BCUT2D eigenvalue weighted by Crippen LogP contribution is 2.48. The molecule has 2 aliphatic rings. The first kappa shape index (κ1) is 33.8. The number of hydrogen-bond donors (Lipinski definition) is 2. The lowest BCUT2D eigenvalue weighted by Crippen LogP contribution is -2.35. The SMILES string of the molecule is CNC(=O)C1c2cc(-c3cc(C(=O)NC4(c5ccccn5)CC4)c(OCCc4ccc(N(C)C)cc4)cc3C)ccc2OC1c1ccc(F)cc1. The summed E-state index contributed by atoms with van der Waals surface area (Å²) in [6, 6.07) is 29.7. The fraction of sp³-hybridized carbons (Fsp3) is 0.262. The molecule has 5 aromatic rings. The van der Waals surface area contributed by atoms with Crippen molar-refractivity contribution in [3.63, 3.8) is 0 Å². The van der Waals surface area contributed by atoms with Crippen LogP contribution in [0.5, 0.6) is 11.5 Å². The van der Waals surface area contributed by atoms with Crippen LogP contribution in [0.4, 0.5) is 10.1 Å². The van der Waals surface area contributed by atoms with Gasteiger partial charge in [0.2, 0.25) is 5.91 Å². The lowest BCUT2D eigenvalue weighted by Gasteiger charge is -2.20. The van der Waals surface area contributed by atoms with E-state index in [4.69, 9.17) is 9.47 Å². The average Bonchev–Trinajstić information content (AvgIpc) is 3.83. The van der Waals surface area contributed by atoms with Crippen LogP contribution in [0.15, 0.2) is 103 Å². The fourth-order valence-electron chi connectivity index (χ4n) is 6.81. The summed E-state index contributed by atoms with van der Waals surface area (Å²) in [7, 11) is 5.62. The van der Waals surface area contributed by atoms with Gasteiger partial charge < -0.3 is 25.0 Å². The van der Waals surface area contributed by atoms with Gasteiger partial charge in [-0.1, -0.05) is 36.4 Å². The first-order valence-corrected chi connectivity index (χ1v) is 17.2. The van der Waals surface area contributed by atoms with Crippen molar-refractivity contribution in [1.82, 2.24) is 15.6 Å². The molecular formula is C42H41FN4O4. The molecule has 2 amide bonds. The number of ether oxygens (including phenoxy) is 2. The number of likely N-dealkylation sites (N-methyl/N-ethyl adjacent to an activating group) is 1. The second-order valence-electron chi connectivity index (χ2n) is 13.5. The Hall–Kier alpha value is -5.70. The summed E-state index contributed by atoms with van der Waals surface area (Å²) in [5, 5.41) is 6.05. The average molecular weight is 685 g/mol. The van der Waals surface area contributed by atoms with Crippen molar-refractivity contribution in [3.8, 4) is 22.6 Å². The molecule has 9 heteroatoms. The third kappa shape index (κ3) is 6.88. The van der Waals surface area contributed by atoms with Gasteiger partial charge in [-0.2, -0.15) is 0 Å². The third-order valence-electron chi connectivity index (χ3n) is 9.87. The van der Waals surface area contributed by atoms with Gasteiger partial charge in [0.05, 0.1) is 23.4 Å². The van der Waals surface area contributed by atoms with Crippen molar-refractivity contribution in [2.75, 3.05) is 32.6 Å². The lowest BCUT2D eigenvalue weighted by atomic mass is 9.88. The smallest absolute Gasteiger partial charge is 0.255 e. The van der Waals surface area contributed by atoms with E-state index in [2.05, 4.69) is 44.8 Å². The van der Waals surface area contributed by atoms with E-state index >= 15 is 0 Å². The molecule has 4 aromatic carbocycles. The summed E-state index contributed by atoms with van der Waals surface area (Å²) in [5.41, 5.74) is 7.00. The maximum atomic E-state index is 14.2. The number of amides is 2. The number of anilines is 1. The topological polar surface area (TPSA) is 92.8 Å². The number of fused-ring (bicyclic) bond motifs is 1. The summed E-state index contributed by atoms with van der Waals surface area (Å²) in [6.45, 7) is 2.38. The highest BCUT2D eigenvalue weighted by molar-refractivity contribution is 5.99. The van der Waals surface area contributed by atoms with Crippen molar-refractivity contribution >= 4 is 17.5 Å². The first-order chi connectivity index (χ1) is 24.7. The minimum atomic E-state index is -0.652. The summed E-state index contributed by atoms with van der Waals surface area (Å²) in [5.74, 6) is -0.375. The van der Waals surface area contributed by atoms with Crippen LogP contribution in [0, 0.1) is 12.7 Å². The number of hydrogen-bond acceptors (Lipinski definition) is 6. The number of carbonyl (C=O) groups is 2. The van der Waals surface area contributed by atoms with Crippen LogP contribution >= 0.6 is 0 Å². The van der Waals surface area contributed by atoms with E-state index in [1.807, 2.05) is 69.6 Å². The minimum Gasteiger partial charge on any atom is -0.492 e. The van der Waals surface area contributed by atoms with Gasteiger partial charge in [0.15, 0.2) is 0 Å². The number of pyridine rings is 1. The molecule has 2 N–H and O–H groups in total.